The largest absolute Gasteiger partial charge is 0.365 e. The summed E-state index contributed by atoms with van der Waals surface area (Å²) < 4.78 is 33.7. The molecule has 1 N–H and O–H groups in total. The van der Waals surface area contributed by atoms with Crippen LogP contribution in [0.3, 0.4) is 0 Å². The summed E-state index contributed by atoms with van der Waals surface area (Å²) in [5, 5.41) is 0. The number of rotatable bonds is 4. The molecule has 1 saturated heterocycles. The Hall–Kier alpha value is -2.45. The number of sulfonamides is 1. The van der Waals surface area contributed by atoms with Gasteiger partial charge in [0, 0.05) is 25.9 Å². The fourth-order valence-corrected chi connectivity index (χ4v) is 5.04. The minimum Gasteiger partial charge on any atom is -0.365 e. The minimum absolute atomic E-state index is 0.0257. The molecule has 29 heavy (non-hydrogen) atoms. The lowest BCUT2D eigenvalue weighted by atomic mass is 9.92. The van der Waals surface area contributed by atoms with E-state index in [4.69, 9.17) is 4.74 Å². The molecule has 1 fully saturated rings. The molecule has 0 bridgehead atoms. The number of nitrogens with one attached hydrogen (secondary N) is 1. The SMILES string of the molecule is C[C@]1(C(=O)N2CCc3cc(S(=O)(=O)Nc4cccnc4)ccc3C2)CCCCO1. The number of nitrogens with zero attached hydrogens (tertiary/aromatic N) is 2. The molecule has 0 aliphatic carbocycles. The van der Waals surface area contributed by atoms with E-state index >= 15 is 0 Å². The highest BCUT2D eigenvalue weighted by Gasteiger charge is 2.40. The van der Waals surface area contributed by atoms with Gasteiger partial charge in [0.05, 0.1) is 16.8 Å². The van der Waals surface area contributed by atoms with Crippen LogP contribution >= 0.6 is 0 Å². The zero-order valence-electron chi connectivity index (χ0n) is 16.4. The van der Waals surface area contributed by atoms with Crippen molar-refractivity contribution in [2.45, 2.75) is 49.6 Å². The second-order valence-electron chi connectivity index (χ2n) is 7.79. The molecule has 1 atom stereocenters. The number of fused-ring (bicyclic) bond motifs is 1. The molecule has 8 heteroatoms. The van der Waals surface area contributed by atoms with Gasteiger partial charge >= 0.3 is 0 Å². The third-order valence-corrected chi connectivity index (χ3v) is 7.00. The van der Waals surface area contributed by atoms with E-state index in [1.165, 1.54) is 6.20 Å². The van der Waals surface area contributed by atoms with Crippen LogP contribution in [0.25, 0.3) is 0 Å². The average molecular weight is 416 g/mol. The van der Waals surface area contributed by atoms with Crippen LogP contribution in [0.2, 0.25) is 0 Å². The third kappa shape index (κ3) is 4.13. The molecule has 2 aliphatic rings. The topological polar surface area (TPSA) is 88.6 Å². The summed E-state index contributed by atoms with van der Waals surface area (Å²) in [6.45, 7) is 3.54. The van der Waals surface area contributed by atoms with Crippen molar-refractivity contribution in [1.29, 1.82) is 0 Å². The van der Waals surface area contributed by atoms with Crippen LogP contribution in [0.1, 0.15) is 37.3 Å². The van der Waals surface area contributed by atoms with Crippen molar-refractivity contribution in [1.82, 2.24) is 9.88 Å². The Labute approximate surface area is 171 Å². The highest BCUT2D eigenvalue weighted by atomic mass is 32.2. The van der Waals surface area contributed by atoms with E-state index in [9.17, 15) is 13.2 Å². The number of amides is 1. The fraction of sp³-hybridized carbons (Fsp3) is 0.429. The van der Waals surface area contributed by atoms with Gasteiger partial charge in [-0.2, -0.15) is 0 Å². The number of anilines is 1. The van der Waals surface area contributed by atoms with Crippen molar-refractivity contribution in [3.8, 4) is 0 Å². The normalized spacial score (nSPS) is 22.0. The molecule has 154 valence electrons. The Kier molecular flexibility index (Phi) is 5.31. The molecule has 0 spiro atoms. The maximum absolute atomic E-state index is 13.0. The van der Waals surface area contributed by atoms with Gasteiger partial charge in [0.1, 0.15) is 5.60 Å². The average Bonchev–Trinajstić information content (AvgIpc) is 2.73. The predicted octanol–water partition coefficient (Wildman–Crippen LogP) is 2.73. The second kappa shape index (κ2) is 7.76. The number of pyridine rings is 1. The quantitative estimate of drug-likeness (QED) is 0.829. The van der Waals surface area contributed by atoms with E-state index < -0.39 is 15.6 Å². The van der Waals surface area contributed by atoms with E-state index in [0.29, 0.717) is 31.8 Å². The molecule has 2 aromatic rings. The smallest absolute Gasteiger partial charge is 0.261 e. The summed E-state index contributed by atoms with van der Waals surface area (Å²) in [5.41, 5.74) is 1.61. The molecule has 0 unspecified atom stereocenters. The van der Waals surface area contributed by atoms with Gasteiger partial charge in [0.2, 0.25) is 0 Å². The van der Waals surface area contributed by atoms with E-state index in [0.717, 1.165) is 30.4 Å². The van der Waals surface area contributed by atoms with E-state index in [1.54, 1.807) is 36.5 Å². The van der Waals surface area contributed by atoms with Gasteiger partial charge in [-0.1, -0.05) is 6.07 Å². The standard InChI is InChI=1S/C21H25N3O4S/c1-21(9-2-3-12-28-21)20(25)24-11-8-16-13-19(7-6-17(16)15-24)29(26,27)23-18-5-4-10-22-14-18/h4-7,10,13-14,23H,2-3,8-9,11-12,15H2,1H3/t21-/m1/s1. The summed E-state index contributed by atoms with van der Waals surface area (Å²) >= 11 is 0. The van der Waals surface area contributed by atoms with Gasteiger partial charge < -0.3 is 9.64 Å². The highest BCUT2D eigenvalue weighted by Crippen LogP contribution is 2.30. The van der Waals surface area contributed by atoms with Crippen molar-refractivity contribution < 1.29 is 17.9 Å². The van der Waals surface area contributed by atoms with Gasteiger partial charge in [-0.05, 0) is 68.0 Å². The van der Waals surface area contributed by atoms with E-state index in [1.807, 2.05) is 11.8 Å². The summed E-state index contributed by atoms with van der Waals surface area (Å²) in [4.78, 5) is 19.0. The minimum atomic E-state index is -3.69. The number of hydrogen-bond donors (Lipinski definition) is 1. The van der Waals surface area contributed by atoms with Gasteiger partial charge in [-0.25, -0.2) is 8.42 Å². The summed E-state index contributed by atoms with van der Waals surface area (Å²) in [6, 6.07) is 8.42. The number of ether oxygens (including phenoxy) is 1. The molecule has 0 saturated carbocycles. The second-order valence-corrected chi connectivity index (χ2v) is 9.47. The number of aromatic nitrogens is 1. The van der Waals surface area contributed by atoms with Crippen LogP contribution in [0, 0.1) is 0 Å². The van der Waals surface area contributed by atoms with Crippen molar-refractivity contribution >= 4 is 21.6 Å². The van der Waals surface area contributed by atoms with Gasteiger partial charge in [0.15, 0.2) is 0 Å². The lowest BCUT2D eigenvalue weighted by Crippen LogP contribution is -2.51. The van der Waals surface area contributed by atoms with Crippen LogP contribution in [0.5, 0.6) is 0 Å². The van der Waals surface area contributed by atoms with Crippen molar-refractivity contribution in [3.05, 3.63) is 53.9 Å². The first-order chi connectivity index (χ1) is 13.9. The first kappa shape index (κ1) is 19.8. The molecular formula is C21H25N3O4S. The Morgan fingerprint density at radius 2 is 2.10 bits per heavy atom. The maximum Gasteiger partial charge on any atom is 0.261 e. The zero-order valence-corrected chi connectivity index (χ0v) is 17.2. The molecule has 0 radical (unpaired) electrons. The van der Waals surface area contributed by atoms with Crippen LogP contribution in [0.4, 0.5) is 5.69 Å². The number of hydrogen-bond acceptors (Lipinski definition) is 5. The first-order valence-electron chi connectivity index (χ1n) is 9.85. The van der Waals surface area contributed by atoms with Crippen LogP contribution < -0.4 is 4.72 Å². The molecule has 1 aromatic carbocycles. The Balaban J connectivity index is 1.50. The number of carbonyl (C=O) groups excluding carboxylic acids is 1. The van der Waals surface area contributed by atoms with Crippen LogP contribution in [0.15, 0.2) is 47.6 Å². The monoisotopic (exact) mass is 415 g/mol. The first-order valence-corrected chi connectivity index (χ1v) is 11.3. The van der Waals surface area contributed by atoms with Crippen LogP contribution in [-0.4, -0.2) is 43.0 Å². The summed E-state index contributed by atoms with van der Waals surface area (Å²) in [5.74, 6) is 0.0257. The van der Waals surface area contributed by atoms with Crippen molar-refractivity contribution in [3.63, 3.8) is 0 Å². The molecule has 1 aromatic heterocycles. The van der Waals surface area contributed by atoms with Crippen LogP contribution in [-0.2, 0) is 32.5 Å². The Morgan fingerprint density at radius 1 is 1.24 bits per heavy atom. The van der Waals surface area contributed by atoms with Crippen molar-refractivity contribution in [2.24, 2.45) is 0 Å². The van der Waals surface area contributed by atoms with E-state index in [-0.39, 0.29) is 10.8 Å². The third-order valence-electron chi connectivity index (χ3n) is 5.62. The van der Waals surface area contributed by atoms with E-state index in [2.05, 4.69) is 9.71 Å². The van der Waals surface area contributed by atoms with Gasteiger partial charge in [-0.15, -0.1) is 0 Å². The number of carbonyl (C=O) groups is 1. The Morgan fingerprint density at radius 3 is 2.83 bits per heavy atom. The van der Waals surface area contributed by atoms with Gasteiger partial charge in [0.25, 0.3) is 15.9 Å². The maximum atomic E-state index is 13.0. The molecule has 2 aliphatic heterocycles. The molecule has 4 rings (SSSR count). The van der Waals surface area contributed by atoms with Crippen molar-refractivity contribution in [2.75, 3.05) is 17.9 Å². The highest BCUT2D eigenvalue weighted by molar-refractivity contribution is 7.92. The summed E-state index contributed by atoms with van der Waals surface area (Å²) in [6.07, 6.45) is 6.41. The lowest BCUT2D eigenvalue weighted by Gasteiger charge is -2.39. The molecular weight excluding hydrogens is 390 g/mol. The lowest BCUT2D eigenvalue weighted by molar-refractivity contribution is -0.162. The fourth-order valence-electron chi connectivity index (χ4n) is 3.94. The number of benzene rings is 1. The van der Waals surface area contributed by atoms with Gasteiger partial charge in [-0.3, -0.25) is 14.5 Å². The summed E-state index contributed by atoms with van der Waals surface area (Å²) in [7, 11) is -3.69. The Bertz CT molecular complexity index is 1000. The predicted molar refractivity (Wildman–Crippen MR) is 109 cm³/mol. The zero-order chi connectivity index (χ0) is 20.5. The molecule has 1 amide bonds. The molecule has 7 nitrogen and oxygen atoms in total. The molecule has 3 heterocycles.